The number of carbonyl (C=O) groups is 3. The second kappa shape index (κ2) is 32.3. The van der Waals surface area contributed by atoms with E-state index in [1.54, 1.807) is 20.8 Å². The van der Waals surface area contributed by atoms with Crippen molar-refractivity contribution >= 4 is 102 Å². The maximum absolute atomic E-state index is 15.1. The molecule has 24 nitrogen and oxygen atoms in total. The van der Waals surface area contributed by atoms with Gasteiger partial charge in [-0.25, -0.2) is 56.2 Å². The average molecular weight is 1480 g/mol. The van der Waals surface area contributed by atoms with Crippen LogP contribution in [0.15, 0.2) is 128 Å². The predicted molar refractivity (Wildman–Crippen MR) is 403 cm³/mol. The predicted octanol–water partition coefficient (Wildman–Crippen LogP) is 15.2. The summed E-state index contributed by atoms with van der Waals surface area (Å²) in [4.78, 5) is 82.3. The van der Waals surface area contributed by atoms with Crippen LogP contribution in [0.3, 0.4) is 0 Å². The summed E-state index contributed by atoms with van der Waals surface area (Å²) < 4.78 is 106. The number of piperazine rings is 3. The minimum atomic E-state index is -0.753. The van der Waals surface area contributed by atoms with Crippen molar-refractivity contribution in [2.45, 2.75) is 48.5 Å². The van der Waals surface area contributed by atoms with E-state index in [0.717, 1.165) is 120 Å². The van der Waals surface area contributed by atoms with Crippen molar-refractivity contribution < 1.29 is 54.9 Å². The number of anilines is 9. The molecule has 0 unspecified atom stereocenters. The van der Waals surface area contributed by atoms with E-state index in [9.17, 15) is 27.6 Å². The Labute approximate surface area is 616 Å². The highest BCUT2D eigenvalue weighted by Crippen LogP contribution is 2.40. The molecule has 3 saturated heterocycles. The van der Waals surface area contributed by atoms with Gasteiger partial charge in [-0.05, 0) is 146 Å². The summed E-state index contributed by atoms with van der Waals surface area (Å²) in [5.41, 5.74) is 7.53. The fourth-order valence-corrected chi connectivity index (χ4v) is 13.1. The number of likely N-dealkylation sites (N-methyl/N-ethyl adjacent to an activating group) is 2. The van der Waals surface area contributed by atoms with Gasteiger partial charge in [0.2, 0.25) is 17.6 Å². The zero-order valence-corrected chi connectivity index (χ0v) is 60.5. The van der Waals surface area contributed by atoms with Crippen LogP contribution in [-0.4, -0.2) is 164 Å². The number of carbonyl (C=O) groups excluding carboxylic acids is 3. The number of hydrogen-bond acceptors (Lipinski definition) is 21. The number of aromatic amines is 3. The molecule has 108 heavy (non-hydrogen) atoms. The van der Waals surface area contributed by atoms with E-state index in [2.05, 4.69) is 105 Å². The number of H-pyrrole nitrogens is 3. The highest BCUT2D eigenvalue weighted by Gasteiger charge is 2.28. The summed E-state index contributed by atoms with van der Waals surface area (Å²) in [5.74, 6) is -6.44. The summed E-state index contributed by atoms with van der Waals surface area (Å²) in [6.07, 6.45) is 3.61. The summed E-state index contributed by atoms with van der Waals surface area (Å²) in [7, 11) is 2.11. The Balaban J connectivity index is 0.000000143. The highest BCUT2D eigenvalue weighted by molar-refractivity contribution is 6.03. The summed E-state index contributed by atoms with van der Waals surface area (Å²) >= 11 is 0. The zero-order chi connectivity index (χ0) is 76.0. The van der Waals surface area contributed by atoms with E-state index in [1.165, 1.54) is 58.0 Å². The number of halogens is 6. The third-order valence-corrected chi connectivity index (χ3v) is 18.7. The fourth-order valence-electron chi connectivity index (χ4n) is 13.1. The standard InChI is InChI=1S/C27H28F2N6O2.C26H26F2N6O2.C25H24F2N6O2/c1-4-34-9-11-35(12-10-34)19-7-5-18(6-8-19)33-26-23(17(3)36)27(31-15-30-26)37-22-14-21(28)25-20(24(22)29)13-16(2)32-25;1-15-12-19-23(28)21(13-20(27)24(19)31-15)36-26-22(16(2)35)25(29-14-30-26)32-17-4-6-18(7-5-17)34-10-8-33(3)9-11-34;1-14-11-18-22(27)20(12-19(26)23(18)31-14)35-25-21(15(2)34)24(29-13-30-25)32-16-3-5-17(6-4-16)33-9-7-28-8-10-33/h5-8,13-15,32H,4,9-12H2,1-3H3,(H,30,31,33);4-7,12-14,31H,8-11H2,1-3H3,(H,29,30,32);3-6,11-13,28,31H,7-10H2,1-2H3,(H,29,30,32). The minimum absolute atomic E-state index is 0.0313. The van der Waals surface area contributed by atoms with Gasteiger partial charge in [0.05, 0.1) is 16.6 Å². The van der Waals surface area contributed by atoms with Crippen LogP contribution in [0.1, 0.15) is 75.9 Å². The number of benzene rings is 6. The van der Waals surface area contributed by atoms with Crippen molar-refractivity contribution in [2.75, 3.05) is 123 Å². The molecule has 15 rings (SSSR count). The Bertz CT molecular complexity index is 5310. The Kier molecular flexibility index (Phi) is 22.2. The number of ketones is 3. The van der Waals surface area contributed by atoms with E-state index in [-0.39, 0.29) is 119 Å². The average Bonchev–Trinajstić information content (AvgIpc) is 1.78. The molecular formula is C78H78F6N18O6. The summed E-state index contributed by atoms with van der Waals surface area (Å²) in [6, 6.07) is 30.7. The quantitative estimate of drug-likeness (QED) is 0.0293. The van der Waals surface area contributed by atoms with Crippen LogP contribution < -0.4 is 50.2 Å². The number of fused-ring (bicyclic) bond motifs is 3. The number of aryl methyl sites for hydroxylation is 3. The van der Waals surface area contributed by atoms with Gasteiger partial charge in [-0.2, -0.15) is 0 Å². The lowest BCUT2D eigenvalue weighted by Gasteiger charge is -2.35. The molecule has 3 aliphatic heterocycles. The van der Waals surface area contributed by atoms with Gasteiger partial charge in [0, 0.05) is 164 Å². The van der Waals surface area contributed by atoms with Crippen LogP contribution >= 0.6 is 0 Å². The molecule has 0 saturated carbocycles. The lowest BCUT2D eigenvalue weighted by atomic mass is 10.2. The van der Waals surface area contributed by atoms with E-state index in [0.29, 0.717) is 34.1 Å². The van der Waals surface area contributed by atoms with Crippen molar-refractivity contribution in [3.05, 3.63) is 197 Å². The molecule has 0 radical (unpaired) electrons. The summed E-state index contributed by atoms with van der Waals surface area (Å²) in [5, 5.41) is 12.9. The van der Waals surface area contributed by atoms with Gasteiger partial charge in [-0.15, -0.1) is 0 Å². The number of rotatable bonds is 19. The Morgan fingerprint density at radius 2 is 0.713 bits per heavy atom. The number of hydrogen-bond donors (Lipinski definition) is 7. The minimum Gasteiger partial charge on any atom is -0.435 e. The number of nitrogens with zero attached hydrogens (tertiary/aromatic N) is 11. The molecule has 0 aliphatic carbocycles. The van der Waals surface area contributed by atoms with Gasteiger partial charge in [0.15, 0.2) is 69.5 Å². The molecule has 558 valence electrons. The van der Waals surface area contributed by atoms with E-state index < -0.39 is 34.9 Å². The number of Topliss-reactive ketones (excluding diaryl/α,β-unsaturated/α-hetero) is 3. The van der Waals surface area contributed by atoms with Crippen LogP contribution in [0.2, 0.25) is 0 Å². The maximum atomic E-state index is 15.1. The summed E-state index contributed by atoms with van der Waals surface area (Å²) in [6.45, 7) is 24.0. The highest BCUT2D eigenvalue weighted by atomic mass is 19.1. The van der Waals surface area contributed by atoms with Crippen LogP contribution in [0.25, 0.3) is 32.7 Å². The van der Waals surface area contributed by atoms with Gasteiger partial charge in [-0.3, -0.25) is 14.4 Å². The molecule has 6 aromatic heterocycles. The normalized spacial score (nSPS) is 14.1. The Hall–Kier alpha value is -12.2. The first-order valence-electron chi connectivity index (χ1n) is 35.1. The van der Waals surface area contributed by atoms with Gasteiger partial charge < -0.3 is 74.9 Å². The fraction of sp³-hybridized carbons (Fsp3) is 0.269. The lowest BCUT2D eigenvalue weighted by Crippen LogP contribution is -2.46. The van der Waals surface area contributed by atoms with Crippen LogP contribution in [0.4, 0.5) is 77.9 Å². The van der Waals surface area contributed by atoms with Crippen molar-refractivity contribution in [1.29, 1.82) is 0 Å². The van der Waals surface area contributed by atoms with Crippen LogP contribution in [-0.2, 0) is 0 Å². The monoisotopic (exact) mass is 1480 g/mol. The van der Waals surface area contributed by atoms with Gasteiger partial charge in [0.25, 0.3) is 0 Å². The molecule has 0 atom stereocenters. The molecule has 6 aromatic carbocycles. The Morgan fingerprint density at radius 3 is 1.01 bits per heavy atom. The van der Waals surface area contributed by atoms with Crippen molar-refractivity contribution in [2.24, 2.45) is 0 Å². The molecule has 3 fully saturated rings. The SMILES string of the molecule is CC(=O)c1c(Nc2ccc(N3CCN(C)CC3)cc2)ncnc1Oc1cc(F)c2[nH]c(C)cc2c1F.CC(=O)c1c(Nc2ccc(N3CCNCC3)cc2)ncnc1Oc1cc(F)c2[nH]c(C)cc2c1F.CCN1CCN(c2ccc(Nc3ncnc(Oc4cc(F)c5[nH]c(C)cc5c4F)c3C(C)=O)cc2)CC1. The second-order valence-electron chi connectivity index (χ2n) is 26.4. The first-order chi connectivity index (χ1) is 52.0. The van der Waals surface area contributed by atoms with Crippen molar-refractivity contribution in [3.63, 3.8) is 0 Å². The molecule has 9 heterocycles. The maximum Gasteiger partial charge on any atom is 0.235 e. The third kappa shape index (κ3) is 16.4. The number of aromatic nitrogens is 9. The topological polar surface area (TPSA) is 268 Å². The second-order valence-corrected chi connectivity index (χ2v) is 26.4. The Morgan fingerprint density at radius 1 is 0.417 bits per heavy atom. The molecule has 0 amide bonds. The molecule has 12 aromatic rings. The zero-order valence-electron chi connectivity index (χ0n) is 60.5. The van der Waals surface area contributed by atoms with E-state index in [4.69, 9.17) is 14.2 Å². The van der Waals surface area contributed by atoms with Gasteiger partial charge in [-0.1, -0.05) is 6.92 Å². The third-order valence-electron chi connectivity index (χ3n) is 18.7. The largest absolute Gasteiger partial charge is 0.435 e. The smallest absolute Gasteiger partial charge is 0.235 e. The van der Waals surface area contributed by atoms with Crippen LogP contribution in [0, 0.1) is 55.7 Å². The van der Waals surface area contributed by atoms with Crippen molar-refractivity contribution in [1.82, 2.24) is 60.0 Å². The van der Waals surface area contributed by atoms with E-state index in [1.807, 2.05) is 72.8 Å². The molecule has 3 aliphatic rings. The van der Waals surface area contributed by atoms with Crippen LogP contribution in [0.5, 0.6) is 34.9 Å². The number of ether oxygens (including phenoxy) is 3. The number of nitrogens with one attached hydrogen (secondary N) is 7. The van der Waals surface area contributed by atoms with Gasteiger partial charge >= 0.3 is 0 Å². The molecule has 30 heteroatoms. The molecular weight excluding hydrogens is 1400 g/mol. The van der Waals surface area contributed by atoms with Gasteiger partial charge in [0.1, 0.15) is 53.1 Å². The van der Waals surface area contributed by atoms with E-state index >= 15 is 13.2 Å². The van der Waals surface area contributed by atoms with Crippen molar-refractivity contribution in [3.8, 4) is 34.9 Å². The first kappa shape index (κ1) is 74.1. The molecule has 7 N–H and O–H groups in total. The molecule has 0 bridgehead atoms. The lowest BCUT2D eigenvalue weighted by molar-refractivity contribution is 0.100. The first-order valence-corrected chi connectivity index (χ1v) is 35.1. The molecule has 0 spiro atoms.